The van der Waals surface area contributed by atoms with Crippen molar-refractivity contribution < 1.29 is 9.53 Å². The Balaban J connectivity index is 2.38. The Morgan fingerprint density at radius 1 is 1.46 bits per heavy atom. The van der Waals surface area contributed by atoms with Gasteiger partial charge in [-0.25, -0.2) is 0 Å². The molecule has 2 rings (SSSR count). The summed E-state index contributed by atoms with van der Waals surface area (Å²) in [5.74, 6) is 0. The van der Waals surface area contributed by atoms with E-state index in [4.69, 9.17) is 4.74 Å². The van der Waals surface area contributed by atoms with E-state index in [1.807, 2.05) is 24.3 Å². The van der Waals surface area contributed by atoms with E-state index >= 15 is 0 Å². The Kier molecular flexibility index (Phi) is 2.22. The molecule has 68 valence electrons. The molecule has 0 aromatic heterocycles. The highest BCUT2D eigenvalue weighted by Crippen LogP contribution is 2.31. The molecule has 0 aliphatic carbocycles. The Morgan fingerprint density at radius 3 is 2.69 bits per heavy atom. The van der Waals surface area contributed by atoms with Gasteiger partial charge >= 0.3 is 0 Å². The van der Waals surface area contributed by atoms with Crippen molar-refractivity contribution in [1.29, 1.82) is 0 Å². The fourth-order valence-corrected chi connectivity index (χ4v) is 1.82. The van der Waals surface area contributed by atoms with Gasteiger partial charge in [-0.3, -0.25) is 0 Å². The first kappa shape index (κ1) is 8.91. The minimum Gasteiger partial charge on any atom is -0.379 e. The van der Waals surface area contributed by atoms with Gasteiger partial charge in [0.15, 0.2) is 0 Å². The van der Waals surface area contributed by atoms with Crippen LogP contribution in [0.2, 0.25) is 0 Å². The minimum atomic E-state index is -0.385. The zero-order chi connectivity index (χ0) is 9.31. The molecule has 1 aliphatic rings. The molecule has 1 aromatic rings. The quantitative estimate of drug-likeness (QED) is 0.739. The number of carbonyl (C=O) groups is 1. The van der Waals surface area contributed by atoms with E-state index in [-0.39, 0.29) is 5.41 Å². The van der Waals surface area contributed by atoms with Gasteiger partial charge in [0.05, 0.1) is 18.6 Å². The lowest BCUT2D eigenvalue weighted by molar-refractivity contribution is -0.129. The lowest BCUT2D eigenvalue weighted by atomic mass is 9.80. The van der Waals surface area contributed by atoms with Crippen molar-refractivity contribution in [1.82, 2.24) is 0 Å². The van der Waals surface area contributed by atoms with Crippen LogP contribution >= 0.6 is 15.9 Å². The maximum absolute atomic E-state index is 10.9. The van der Waals surface area contributed by atoms with E-state index in [0.29, 0.717) is 13.2 Å². The number of ether oxygens (including phenoxy) is 1. The summed E-state index contributed by atoms with van der Waals surface area (Å²) in [5, 5.41) is 0. The molecule has 0 unspecified atom stereocenters. The minimum absolute atomic E-state index is 0.385. The van der Waals surface area contributed by atoms with Crippen LogP contribution in [0.4, 0.5) is 0 Å². The fourth-order valence-electron chi connectivity index (χ4n) is 1.42. The Hall–Kier alpha value is -0.670. The van der Waals surface area contributed by atoms with E-state index in [9.17, 15) is 4.79 Å². The number of benzene rings is 1. The van der Waals surface area contributed by atoms with E-state index in [2.05, 4.69) is 15.9 Å². The summed E-state index contributed by atoms with van der Waals surface area (Å²) in [6, 6.07) is 7.81. The van der Waals surface area contributed by atoms with Gasteiger partial charge in [-0.05, 0) is 17.7 Å². The first-order valence-electron chi connectivity index (χ1n) is 4.07. The third-order valence-corrected chi connectivity index (χ3v) is 2.84. The molecule has 13 heavy (non-hydrogen) atoms. The standard InChI is InChI=1S/C10H9BrO2/c11-9-3-1-2-8(4-9)10(5-12)6-13-7-10/h1-5H,6-7H2. The maximum Gasteiger partial charge on any atom is 0.135 e. The lowest BCUT2D eigenvalue weighted by Gasteiger charge is -2.36. The molecule has 1 heterocycles. The summed E-state index contributed by atoms with van der Waals surface area (Å²) in [5.41, 5.74) is 0.646. The molecular formula is C10H9BrO2. The maximum atomic E-state index is 10.9. The van der Waals surface area contributed by atoms with Crippen molar-refractivity contribution in [3.05, 3.63) is 34.3 Å². The molecule has 0 amide bonds. The number of hydrogen-bond donors (Lipinski definition) is 0. The molecule has 0 N–H and O–H groups in total. The van der Waals surface area contributed by atoms with Crippen molar-refractivity contribution in [3.63, 3.8) is 0 Å². The largest absolute Gasteiger partial charge is 0.379 e. The molecule has 1 aromatic carbocycles. The fraction of sp³-hybridized carbons (Fsp3) is 0.300. The number of carbonyl (C=O) groups excluding carboxylic acids is 1. The highest BCUT2D eigenvalue weighted by Gasteiger charge is 2.40. The first-order chi connectivity index (χ1) is 6.27. The molecule has 1 saturated heterocycles. The van der Waals surface area contributed by atoms with Crippen LogP contribution in [0.3, 0.4) is 0 Å². The monoisotopic (exact) mass is 240 g/mol. The lowest BCUT2D eigenvalue weighted by Crippen LogP contribution is -2.48. The number of rotatable bonds is 2. The van der Waals surface area contributed by atoms with Crippen LogP contribution in [0, 0.1) is 0 Å². The Bertz CT molecular complexity index is 331. The van der Waals surface area contributed by atoms with Crippen molar-refractivity contribution in [2.75, 3.05) is 13.2 Å². The summed E-state index contributed by atoms with van der Waals surface area (Å²) in [6.07, 6.45) is 0.984. The Labute approximate surface area is 85.0 Å². The molecule has 0 atom stereocenters. The van der Waals surface area contributed by atoms with Crippen LogP contribution < -0.4 is 0 Å². The molecule has 1 aliphatic heterocycles. The second kappa shape index (κ2) is 3.24. The third-order valence-electron chi connectivity index (χ3n) is 2.34. The summed E-state index contributed by atoms with van der Waals surface area (Å²) in [6.45, 7) is 1.01. The average Bonchev–Trinajstić information content (AvgIpc) is 2.03. The van der Waals surface area contributed by atoms with Crippen molar-refractivity contribution >= 4 is 22.2 Å². The van der Waals surface area contributed by atoms with Crippen LogP contribution in [0.15, 0.2) is 28.7 Å². The molecular weight excluding hydrogens is 232 g/mol. The van der Waals surface area contributed by atoms with Crippen molar-refractivity contribution in [2.45, 2.75) is 5.41 Å². The summed E-state index contributed by atoms with van der Waals surface area (Å²) >= 11 is 3.38. The van der Waals surface area contributed by atoms with Crippen LogP contribution in [-0.2, 0) is 14.9 Å². The van der Waals surface area contributed by atoms with Gasteiger partial charge in [-0.2, -0.15) is 0 Å². The molecule has 3 heteroatoms. The number of aldehydes is 1. The van der Waals surface area contributed by atoms with Crippen molar-refractivity contribution in [3.8, 4) is 0 Å². The number of hydrogen-bond acceptors (Lipinski definition) is 2. The predicted octanol–water partition coefficient (Wildman–Crippen LogP) is 1.92. The van der Waals surface area contributed by atoms with Crippen LogP contribution in [0.25, 0.3) is 0 Å². The van der Waals surface area contributed by atoms with Crippen LogP contribution in [0.1, 0.15) is 5.56 Å². The average molecular weight is 241 g/mol. The van der Waals surface area contributed by atoms with Gasteiger partial charge in [0.1, 0.15) is 6.29 Å². The second-order valence-corrected chi connectivity index (χ2v) is 4.19. The summed E-state index contributed by atoms with van der Waals surface area (Å²) in [7, 11) is 0. The van der Waals surface area contributed by atoms with Gasteiger partial charge in [0, 0.05) is 4.47 Å². The second-order valence-electron chi connectivity index (χ2n) is 3.28. The van der Waals surface area contributed by atoms with Crippen molar-refractivity contribution in [2.24, 2.45) is 0 Å². The molecule has 0 spiro atoms. The van der Waals surface area contributed by atoms with Gasteiger partial charge in [0.2, 0.25) is 0 Å². The highest BCUT2D eigenvalue weighted by atomic mass is 79.9. The SMILES string of the molecule is O=CC1(c2cccc(Br)c2)COC1. The van der Waals surface area contributed by atoms with Gasteiger partial charge < -0.3 is 9.53 Å². The molecule has 0 saturated carbocycles. The predicted molar refractivity (Wildman–Crippen MR) is 52.7 cm³/mol. The van der Waals surface area contributed by atoms with Crippen LogP contribution in [0.5, 0.6) is 0 Å². The molecule has 0 radical (unpaired) electrons. The summed E-state index contributed by atoms with van der Waals surface area (Å²) in [4.78, 5) is 10.9. The van der Waals surface area contributed by atoms with Gasteiger partial charge in [-0.15, -0.1) is 0 Å². The zero-order valence-electron chi connectivity index (χ0n) is 7.00. The molecule has 0 bridgehead atoms. The smallest absolute Gasteiger partial charge is 0.135 e. The van der Waals surface area contributed by atoms with E-state index in [0.717, 1.165) is 16.3 Å². The van der Waals surface area contributed by atoms with Gasteiger partial charge in [0.25, 0.3) is 0 Å². The van der Waals surface area contributed by atoms with E-state index in [1.54, 1.807) is 0 Å². The normalized spacial score (nSPS) is 19.2. The first-order valence-corrected chi connectivity index (χ1v) is 4.86. The zero-order valence-corrected chi connectivity index (χ0v) is 8.58. The number of halogens is 1. The molecule has 1 fully saturated rings. The Morgan fingerprint density at radius 2 is 2.23 bits per heavy atom. The highest BCUT2D eigenvalue weighted by molar-refractivity contribution is 9.10. The third kappa shape index (κ3) is 1.42. The summed E-state index contributed by atoms with van der Waals surface area (Å²) < 4.78 is 6.08. The van der Waals surface area contributed by atoms with E-state index < -0.39 is 0 Å². The molecule has 2 nitrogen and oxygen atoms in total. The van der Waals surface area contributed by atoms with E-state index in [1.165, 1.54) is 0 Å². The topological polar surface area (TPSA) is 26.3 Å². The van der Waals surface area contributed by atoms with Gasteiger partial charge in [-0.1, -0.05) is 28.1 Å². The van der Waals surface area contributed by atoms with Crippen LogP contribution in [-0.4, -0.2) is 19.5 Å².